The van der Waals surface area contributed by atoms with Gasteiger partial charge in [-0.2, -0.15) is 0 Å². The predicted molar refractivity (Wildman–Crippen MR) is 129 cm³/mol. The van der Waals surface area contributed by atoms with Gasteiger partial charge in [0.2, 0.25) is 5.12 Å². The van der Waals surface area contributed by atoms with E-state index in [1.54, 1.807) is 50.2 Å². The van der Waals surface area contributed by atoms with Gasteiger partial charge in [-0.1, -0.05) is 42.5 Å². The second-order valence-corrected chi connectivity index (χ2v) is 8.52. The fraction of sp³-hybridized carbons (Fsp3) is 0.167. The lowest BCUT2D eigenvalue weighted by molar-refractivity contribution is -0.384. The number of thioether (sulfide) groups is 1. The molecule has 1 aromatic heterocycles. The van der Waals surface area contributed by atoms with Crippen LogP contribution in [0.3, 0.4) is 0 Å². The second-order valence-electron chi connectivity index (χ2n) is 7.56. The van der Waals surface area contributed by atoms with Crippen LogP contribution in [-0.4, -0.2) is 32.6 Å². The van der Waals surface area contributed by atoms with E-state index in [0.717, 1.165) is 11.8 Å². The summed E-state index contributed by atoms with van der Waals surface area (Å²) in [5.41, 5.74) is 0.656. The highest BCUT2D eigenvalue weighted by Crippen LogP contribution is 2.41. The van der Waals surface area contributed by atoms with Crippen molar-refractivity contribution in [2.24, 2.45) is 0 Å². The Hall–Kier alpha value is -4.25. The van der Waals surface area contributed by atoms with Gasteiger partial charge in [-0.05, 0) is 31.2 Å². The molecule has 1 atom stereocenters. The van der Waals surface area contributed by atoms with Crippen molar-refractivity contribution >= 4 is 34.4 Å². The van der Waals surface area contributed by atoms with E-state index >= 15 is 0 Å². The largest absolute Gasteiger partial charge is 0.463 e. The van der Waals surface area contributed by atoms with Crippen molar-refractivity contribution in [2.45, 2.75) is 24.9 Å². The lowest BCUT2D eigenvalue weighted by Crippen LogP contribution is -2.31. The van der Waals surface area contributed by atoms with Gasteiger partial charge < -0.3 is 15.0 Å². The van der Waals surface area contributed by atoms with Crippen molar-refractivity contribution in [2.75, 3.05) is 11.9 Å². The van der Waals surface area contributed by atoms with E-state index in [4.69, 9.17) is 4.74 Å². The van der Waals surface area contributed by atoms with E-state index in [1.807, 2.05) is 0 Å². The molecule has 0 saturated heterocycles. The molecule has 0 fully saturated rings. The van der Waals surface area contributed by atoms with Gasteiger partial charge >= 0.3 is 5.97 Å². The molecule has 10 nitrogen and oxygen atoms in total. The molecule has 0 saturated carbocycles. The number of carbonyl (C=O) groups excluding carboxylic acids is 2. The SMILES string of the molecule is CCOC(=O)C1=C(C)Nc2nc(SC(=O)c3ccccc3)[nH]c(=O)c2C1c1cccc([N+](=O)[O-])c1. The number of benzene rings is 2. The van der Waals surface area contributed by atoms with Crippen molar-refractivity contribution in [3.8, 4) is 0 Å². The summed E-state index contributed by atoms with van der Waals surface area (Å²) < 4.78 is 5.21. The highest BCUT2D eigenvalue weighted by Gasteiger charge is 2.37. The third-order valence-electron chi connectivity index (χ3n) is 5.33. The lowest BCUT2D eigenvalue weighted by atomic mass is 9.82. The number of nitrogens with one attached hydrogen (secondary N) is 2. The summed E-state index contributed by atoms with van der Waals surface area (Å²) in [4.78, 5) is 56.6. The van der Waals surface area contributed by atoms with Crippen LogP contribution in [0, 0.1) is 10.1 Å². The molecule has 35 heavy (non-hydrogen) atoms. The first-order chi connectivity index (χ1) is 16.8. The van der Waals surface area contributed by atoms with Gasteiger partial charge in [0.1, 0.15) is 5.82 Å². The van der Waals surface area contributed by atoms with Crippen molar-refractivity contribution in [3.63, 3.8) is 0 Å². The molecule has 4 rings (SSSR count). The Bertz CT molecular complexity index is 1420. The van der Waals surface area contributed by atoms with Crippen LogP contribution in [0.4, 0.5) is 11.5 Å². The van der Waals surface area contributed by atoms with Gasteiger partial charge in [-0.25, -0.2) is 9.78 Å². The predicted octanol–water partition coefficient (Wildman–Crippen LogP) is 4.01. The van der Waals surface area contributed by atoms with Gasteiger partial charge in [-0.3, -0.25) is 19.7 Å². The molecule has 1 unspecified atom stereocenters. The Morgan fingerprint density at radius 1 is 1.17 bits per heavy atom. The van der Waals surface area contributed by atoms with Crippen LogP contribution in [0.1, 0.15) is 41.3 Å². The molecule has 1 aliphatic heterocycles. The number of carbonyl (C=O) groups is 2. The number of fused-ring (bicyclic) bond motifs is 1. The lowest BCUT2D eigenvalue weighted by Gasteiger charge is -2.28. The van der Waals surface area contributed by atoms with Gasteiger partial charge in [0.15, 0.2) is 5.16 Å². The number of anilines is 1. The minimum Gasteiger partial charge on any atom is -0.463 e. The van der Waals surface area contributed by atoms with E-state index in [2.05, 4.69) is 15.3 Å². The van der Waals surface area contributed by atoms with Crippen molar-refractivity contribution < 1.29 is 19.2 Å². The Balaban J connectivity index is 1.83. The minimum atomic E-state index is -0.967. The normalized spacial score (nSPS) is 14.6. The number of nitro benzene ring substituents is 1. The zero-order chi connectivity index (χ0) is 25.1. The fourth-order valence-electron chi connectivity index (χ4n) is 3.83. The van der Waals surface area contributed by atoms with Crippen molar-refractivity contribution in [1.82, 2.24) is 9.97 Å². The van der Waals surface area contributed by atoms with E-state index in [0.29, 0.717) is 16.8 Å². The number of esters is 1. The summed E-state index contributed by atoms with van der Waals surface area (Å²) in [5.74, 6) is -1.47. The molecule has 3 aromatic rings. The zero-order valence-electron chi connectivity index (χ0n) is 18.7. The van der Waals surface area contributed by atoms with Crippen LogP contribution < -0.4 is 10.9 Å². The Labute approximate surface area is 203 Å². The number of nitrogens with zero attached hydrogens (tertiary/aromatic N) is 2. The van der Waals surface area contributed by atoms with Crippen LogP contribution in [0.2, 0.25) is 0 Å². The highest BCUT2D eigenvalue weighted by atomic mass is 32.2. The summed E-state index contributed by atoms with van der Waals surface area (Å²) in [6.07, 6.45) is 0. The van der Waals surface area contributed by atoms with Crippen LogP contribution in [0.25, 0.3) is 0 Å². The first-order valence-electron chi connectivity index (χ1n) is 10.6. The van der Waals surface area contributed by atoms with Crippen LogP contribution in [0.15, 0.2) is 75.8 Å². The van der Waals surface area contributed by atoms with E-state index in [-0.39, 0.29) is 39.5 Å². The molecule has 2 aromatic carbocycles. The third-order valence-corrected chi connectivity index (χ3v) is 6.14. The number of aromatic amines is 1. The molecule has 0 amide bonds. The number of hydrogen-bond donors (Lipinski definition) is 2. The average Bonchev–Trinajstić information content (AvgIpc) is 2.83. The summed E-state index contributed by atoms with van der Waals surface area (Å²) in [7, 11) is 0. The molecule has 2 heterocycles. The average molecular weight is 493 g/mol. The molecular formula is C24H20N4O6S. The first-order valence-corrected chi connectivity index (χ1v) is 11.4. The quantitative estimate of drug-likeness (QED) is 0.171. The fourth-order valence-corrected chi connectivity index (χ4v) is 4.54. The second kappa shape index (κ2) is 9.94. The van der Waals surface area contributed by atoms with Crippen molar-refractivity contribution in [3.05, 3.63) is 103 Å². The van der Waals surface area contributed by atoms with Gasteiger partial charge in [0.25, 0.3) is 11.2 Å². The molecule has 2 N–H and O–H groups in total. The van der Waals surface area contributed by atoms with E-state index in [1.165, 1.54) is 18.2 Å². The number of aromatic nitrogens is 2. The van der Waals surface area contributed by atoms with Crippen LogP contribution in [-0.2, 0) is 9.53 Å². The molecule has 11 heteroatoms. The zero-order valence-corrected chi connectivity index (χ0v) is 19.5. The number of non-ortho nitro benzene ring substituents is 1. The highest BCUT2D eigenvalue weighted by molar-refractivity contribution is 8.14. The molecule has 0 radical (unpaired) electrons. The maximum atomic E-state index is 13.3. The summed E-state index contributed by atoms with van der Waals surface area (Å²) in [5, 5.41) is 14.1. The minimum absolute atomic E-state index is 0.0697. The van der Waals surface area contributed by atoms with E-state index in [9.17, 15) is 24.5 Å². The van der Waals surface area contributed by atoms with Gasteiger partial charge in [0, 0.05) is 23.4 Å². The van der Waals surface area contributed by atoms with Gasteiger partial charge in [-0.15, -0.1) is 0 Å². The Kier molecular flexibility index (Phi) is 6.78. The first kappa shape index (κ1) is 23.9. The standard InChI is InChI=1S/C24H20N4O6S/c1-3-34-22(30)17-13(2)25-20-19(18(17)15-10-7-11-16(12-15)28(32)33)21(29)27-24(26-20)35-23(31)14-8-5-4-6-9-14/h4-12,18H,3H2,1-2H3,(H2,25,26,27,29). The maximum absolute atomic E-state index is 13.3. The molecule has 1 aliphatic rings. The topological polar surface area (TPSA) is 144 Å². The van der Waals surface area contributed by atoms with Crippen molar-refractivity contribution in [1.29, 1.82) is 0 Å². The Morgan fingerprint density at radius 3 is 2.60 bits per heavy atom. The Morgan fingerprint density at radius 2 is 1.91 bits per heavy atom. The number of ether oxygens (including phenoxy) is 1. The molecule has 0 aliphatic carbocycles. The van der Waals surface area contributed by atoms with E-state index < -0.39 is 22.4 Å². The molecule has 0 spiro atoms. The van der Waals surface area contributed by atoms with Gasteiger partial charge in [0.05, 0.1) is 28.6 Å². The summed E-state index contributed by atoms with van der Waals surface area (Å²) in [6, 6.07) is 14.3. The molecular weight excluding hydrogens is 472 g/mol. The monoisotopic (exact) mass is 492 g/mol. The summed E-state index contributed by atoms with van der Waals surface area (Å²) in [6.45, 7) is 3.39. The number of rotatable bonds is 6. The molecule has 178 valence electrons. The number of allylic oxidation sites excluding steroid dienone is 1. The summed E-state index contributed by atoms with van der Waals surface area (Å²) >= 11 is 0.761. The van der Waals surface area contributed by atoms with Crippen LogP contribution >= 0.6 is 11.8 Å². The number of nitro groups is 1. The third kappa shape index (κ3) is 4.85. The molecule has 0 bridgehead atoms. The maximum Gasteiger partial charge on any atom is 0.336 e. The number of H-pyrrole nitrogens is 1. The smallest absolute Gasteiger partial charge is 0.336 e. The number of hydrogen-bond acceptors (Lipinski definition) is 9. The van der Waals surface area contributed by atoms with Crippen LogP contribution in [0.5, 0.6) is 0 Å².